The van der Waals surface area contributed by atoms with E-state index in [1.54, 1.807) is 0 Å². The van der Waals surface area contributed by atoms with E-state index in [0.29, 0.717) is 0 Å². The van der Waals surface area contributed by atoms with Crippen molar-refractivity contribution in [2.24, 2.45) is 0 Å². The first kappa shape index (κ1) is 27.1. The van der Waals surface area contributed by atoms with E-state index in [1.807, 2.05) is 0 Å². The van der Waals surface area contributed by atoms with Crippen LogP contribution in [-0.4, -0.2) is 42.6 Å². The molecule has 25 heavy (non-hydrogen) atoms. The minimum atomic E-state index is -4.67. The van der Waals surface area contributed by atoms with Crippen LogP contribution < -0.4 is 0 Å². The Morgan fingerprint density at radius 1 is 0.680 bits per heavy atom. The monoisotopic (exact) mass is 381 g/mol. The largest absolute Gasteiger partial charge is 0.394 e. The summed E-state index contributed by atoms with van der Waals surface area (Å²) in [6.45, 7) is 4.59. The standard InChI is InChI=1S/C19H41N.H2O4S/c1-5-7-9-11-12-13-14-16-18-19(20(3)4)17-15-10-8-6-2;1-5(2,3)4/h19H,5-18H2,1-4H3;(H2,1,2,3,4). The SMILES string of the molecule is CCCCCCCCCCC(CCCCCC)N(C)C.O=S(=O)(O)O. The van der Waals surface area contributed by atoms with E-state index in [9.17, 15) is 0 Å². The summed E-state index contributed by atoms with van der Waals surface area (Å²) in [5, 5.41) is 0. The molecular weight excluding hydrogens is 338 g/mol. The maximum atomic E-state index is 8.74. The van der Waals surface area contributed by atoms with E-state index in [-0.39, 0.29) is 0 Å². The van der Waals surface area contributed by atoms with Crippen LogP contribution in [0, 0.1) is 0 Å². The Balaban J connectivity index is 0. The Labute approximate surface area is 157 Å². The molecule has 0 aromatic heterocycles. The number of unbranched alkanes of at least 4 members (excludes halogenated alkanes) is 10. The third-order valence-electron chi connectivity index (χ3n) is 4.51. The predicted molar refractivity (Wildman–Crippen MR) is 108 cm³/mol. The Bertz CT molecular complexity index is 350. The van der Waals surface area contributed by atoms with Crippen LogP contribution in [0.4, 0.5) is 0 Å². The highest BCUT2D eigenvalue weighted by molar-refractivity contribution is 7.79. The second-order valence-electron chi connectivity index (χ2n) is 7.18. The molecule has 0 aliphatic heterocycles. The molecule has 1 atom stereocenters. The van der Waals surface area contributed by atoms with Crippen LogP contribution in [0.5, 0.6) is 0 Å². The summed E-state index contributed by atoms with van der Waals surface area (Å²) in [7, 11) is -0.148. The molecule has 0 aromatic carbocycles. The molecule has 0 rings (SSSR count). The fourth-order valence-electron chi connectivity index (χ4n) is 2.98. The molecule has 0 spiro atoms. The maximum absolute atomic E-state index is 8.74. The molecule has 0 aliphatic carbocycles. The zero-order chi connectivity index (χ0) is 19.6. The lowest BCUT2D eigenvalue weighted by atomic mass is 9.99. The van der Waals surface area contributed by atoms with E-state index >= 15 is 0 Å². The molecular formula is C19H43NO4S. The predicted octanol–water partition coefficient (Wildman–Crippen LogP) is 5.77. The van der Waals surface area contributed by atoms with Crippen LogP contribution in [0.25, 0.3) is 0 Å². The Morgan fingerprint density at radius 3 is 1.28 bits per heavy atom. The molecule has 0 saturated heterocycles. The van der Waals surface area contributed by atoms with Gasteiger partial charge in [0.05, 0.1) is 0 Å². The first-order valence-corrected chi connectivity index (χ1v) is 11.5. The van der Waals surface area contributed by atoms with E-state index in [1.165, 1.54) is 89.9 Å². The van der Waals surface area contributed by atoms with Crippen LogP contribution in [-0.2, 0) is 10.4 Å². The lowest BCUT2D eigenvalue weighted by molar-refractivity contribution is 0.251. The number of nitrogens with zero attached hydrogens (tertiary/aromatic N) is 1. The van der Waals surface area contributed by atoms with Crippen molar-refractivity contribution in [1.29, 1.82) is 0 Å². The lowest BCUT2D eigenvalue weighted by Crippen LogP contribution is -2.27. The summed E-state index contributed by atoms with van der Waals surface area (Å²) in [5.41, 5.74) is 0. The molecule has 0 bridgehead atoms. The summed E-state index contributed by atoms with van der Waals surface area (Å²) in [6, 6.07) is 0.826. The van der Waals surface area contributed by atoms with Gasteiger partial charge in [0, 0.05) is 6.04 Å². The van der Waals surface area contributed by atoms with Crippen LogP contribution in [0.1, 0.15) is 104 Å². The summed E-state index contributed by atoms with van der Waals surface area (Å²) >= 11 is 0. The van der Waals surface area contributed by atoms with E-state index in [2.05, 4.69) is 32.8 Å². The zero-order valence-electron chi connectivity index (χ0n) is 17.0. The van der Waals surface area contributed by atoms with Crippen molar-refractivity contribution < 1.29 is 17.5 Å². The van der Waals surface area contributed by atoms with Gasteiger partial charge in [-0.2, -0.15) is 8.42 Å². The van der Waals surface area contributed by atoms with Crippen molar-refractivity contribution in [3.63, 3.8) is 0 Å². The van der Waals surface area contributed by atoms with Crippen molar-refractivity contribution >= 4 is 10.4 Å². The van der Waals surface area contributed by atoms with Gasteiger partial charge in [0.25, 0.3) is 0 Å². The second-order valence-corrected chi connectivity index (χ2v) is 8.07. The third-order valence-corrected chi connectivity index (χ3v) is 4.51. The molecule has 0 saturated carbocycles. The minimum Gasteiger partial charge on any atom is -0.306 e. The van der Waals surface area contributed by atoms with Gasteiger partial charge in [-0.3, -0.25) is 9.11 Å². The quantitative estimate of drug-likeness (QED) is 0.278. The summed E-state index contributed by atoms with van der Waals surface area (Å²) in [5.74, 6) is 0. The number of hydrogen-bond acceptors (Lipinski definition) is 3. The van der Waals surface area contributed by atoms with Crippen molar-refractivity contribution in [2.45, 2.75) is 110 Å². The number of rotatable bonds is 15. The Morgan fingerprint density at radius 2 is 0.960 bits per heavy atom. The second kappa shape index (κ2) is 18.6. The van der Waals surface area contributed by atoms with E-state index in [0.717, 1.165) is 6.04 Å². The molecule has 0 amide bonds. The fourth-order valence-corrected chi connectivity index (χ4v) is 2.98. The molecule has 0 radical (unpaired) electrons. The van der Waals surface area contributed by atoms with Crippen molar-refractivity contribution in [3.8, 4) is 0 Å². The first-order chi connectivity index (χ1) is 11.7. The van der Waals surface area contributed by atoms with Crippen LogP contribution in [0.2, 0.25) is 0 Å². The van der Waals surface area contributed by atoms with Gasteiger partial charge in [0.1, 0.15) is 0 Å². The van der Waals surface area contributed by atoms with Gasteiger partial charge in [-0.05, 0) is 26.9 Å². The fraction of sp³-hybridized carbons (Fsp3) is 1.00. The highest BCUT2D eigenvalue weighted by Gasteiger charge is 2.10. The molecule has 2 N–H and O–H groups in total. The molecule has 0 aromatic rings. The third kappa shape index (κ3) is 28.9. The maximum Gasteiger partial charge on any atom is 0.394 e. The molecule has 5 nitrogen and oxygen atoms in total. The Kier molecular flexibility index (Phi) is 20.1. The topological polar surface area (TPSA) is 77.8 Å². The molecule has 154 valence electrons. The van der Waals surface area contributed by atoms with Gasteiger partial charge in [-0.25, -0.2) is 0 Å². The van der Waals surface area contributed by atoms with E-state index in [4.69, 9.17) is 17.5 Å². The van der Waals surface area contributed by atoms with Crippen molar-refractivity contribution in [2.75, 3.05) is 14.1 Å². The average Bonchev–Trinajstić information content (AvgIpc) is 2.50. The zero-order valence-corrected chi connectivity index (χ0v) is 17.9. The van der Waals surface area contributed by atoms with Gasteiger partial charge in [0.2, 0.25) is 0 Å². The van der Waals surface area contributed by atoms with Crippen LogP contribution >= 0.6 is 0 Å². The highest BCUT2D eigenvalue weighted by atomic mass is 32.3. The molecule has 0 aliphatic rings. The van der Waals surface area contributed by atoms with Gasteiger partial charge in [0.15, 0.2) is 0 Å². The summed E-state index contributed by atoms with van der Waals surface area (Å²) in [4.78, 5) is 2.45. The van der Waals surface area contributed by atoms with Gasteiger partial charge >= 0.3 is 10.4 Å². The smallest absolute Gasteiger partial charge is 0.306 e. The van der Waals surface area contributed by atoms with Gasteiger partial charge < -0.3 is 4.90 Å². The minimum absolute atomic E-state index is 0.826. The van der Waals surface area contributed by atoms with Crippen LogP contribution in [0.3, 0.4) is 0 Å². The van der Waals surface area contributed by atoms with Crippen LogP contribution in [0.15, 0.2) is 0 Å². The molecule has 6 heteroatoms. The number of hydrogen-bond donors (Lipinski definition) is 2. The Hall–Kier alpha value is -0.170. The van der Waals surface area contributed by atoms with Gasteiger partial charge in [-0.15, -0.1) is 0 Å². The van der Waals surface area contributed by atoms with Crippen molar-refractivity contribution in [3.05, 3.63) is 0 Å². The summed E-state index contributed by atoms with van der Waals surface area (Å²) in [6.07, 6.45) is 19.9. The lowest BCUT2D eigenvalue weighted by Gasteiger charge is -2.24. The normalized spacial score (nSPS) is 12.8. The first-order valence-electron chi connectivity index (χ1n) is 10.1. The highest BCUT2D eigenvalue weighted by Crippen LogP contribution is 2.16. The summed E-state index contributed by atoms with van der Waals surface area (Å²) < 4.78 is 31.6. The molecule has 0 heterocycles. The molecule has 1 unspecified atom stereocenters. The van der Waals surface area contributed by atoms with E-state index < -0.39 is 10.4 Å². The van der Waals surface area contributed by atoms with Crippen molar-refractivity contribution in [1.82, 2.24) is 4.90 Å². The molecule has 0 fully saturated rings. The average molecular weight is 382 g/mol. The van der Waals surface area contributed by atoms with Gasteiger partial charge in [-0.1, -0.05) is 90.9 Å².